The van der Waals surface area contributed by atoms with Crippen LogP contribution in [0.2, 0.25) is 0 Å². The fourth-order valence-electron chi connectivity index (χ4n) is 2.14. The molecule has 3 heteroatoms. The number of rotatable bonds is 4. The van der Waals surface area contributed by atoms with E-state index in [2.05, 4.69) is 36.1 Å². The molecule has 2 rings (SSSR count). The zero-order valence-corrected chi connectivity index (χ0v) is 9.72. The van der Waals surface area contributed by atoms with Crippen molar-refractivity contribution in [2.24, 2.45) is 0 Å². The Morgan fingerprint density at radius 2 is 2.38 bits per heavy atom. The summed E-state index contributed by atoms with van der Waals surface area (Å²) in [6.45, 7) is 4.65. The molecule has 0 bridgehead atoms. The van der Waals surface area contributed by atoms with E-state index in [0.717, 1.165) is 19.5 Å². The van der Waals surface area contributed by atoms with Gasteiger partial charge in [-0.05, 0) is 31.0 Å². The van der Waals surface area contributed by atoms with Crippen molar-refractivity contribution in [3.05, 3.63) is 29.8 Å². The van der Waals surface area contributed by atoms with Crippen molar-refractivity contribution >= 4 is 5.69 Å². The molecule has 1 aliphatic heterocycles. The van der Waals surface area contributed by atoms with Crippen molar-refractivity contribution in [3.8, 4) is 0 Å². The lowest BCUT2D eigenvalue weighted by Crippen LogP contribution is -2.23. The molecule has 1 aliphatic rings. The van der Waals surface area contributed by atoms with Gasteiger partial charge < -0.3 is 14.7 Å². The Kier molecular flexibility index (Phi) is 3.80. The first kappa shape index (κ1) is 11.4. The van der Waals surface area contributed by atoms with Gasteiger partial charge in [0, 0.05) is 18.8 Å². The van der Waals surface area contributed by atoms with Gasteiger partial charge in [0.25, 0.3) is 0 Å². The van der Waals surface area contributed by atoms with Crippen molar-refractivity contribution < 1.29 is 9.84 Å². The van der Waals surface area contributed by atoms with Gasteiger partial charge in [-0.15, -0.1) is 0 Å². The number of benzene rings is 1. The van der Waals surface area contributed by atoms with Crippen molar-refractivity contribution in [1.29, 1.82) is 0 Å². The molecule has 1 fully saturated rings. The van der Waals surface area contributed by atoms with E-state index in [4.69, 9.17) is 9.84 Å². The molecule has 0 amide bonds. The minimum absolute atomic E-state index is 0.112. The van der Waals surface area contributed by atoms with Gasteiger partial charge in [-0.25, -0.2) is 0 Å². The molecule has 3 nitrogen and oxygen atoms in total. The topological polar surface area (TPSA) is 32.7 Å². The zero-order chi connectivity index (χ0) is 11.4. The van der Waals surface area contributed by atoms with Crippen molar-refractivity contribution in [3.63, 3.8) is 0 Å². The van der Waals surface area contributed by atoms with Gasteiger partial charge in [-0.3, -0.25) is 0 Å². The maximum atomic E-state index is 8.71. The Morgan fingerprint density at radius 1 is 1.50 bits per heavy atom. The van der Waals surface area contributed by atoms with Crippen LogP contribution in [0.1, 0.15) is 12.0 Å². The normalized spacial score (nSPS) is 20.4. The molecule has 1 atom stereocenters. The monoisotopic (exact) mass is 221 g/mol. The summed E-state index contributed by atoms with van der Waals surface area (Å²) in [5, 5.41) is 8.71. The molecule has 0 aromatic heterocycles. The first-order valence-electron chi connectivity index (χ1n) is 5.83. The zero-order valence-electron chi connectivity index (χ0n) is 9.72. The van der Waals surface area contributed by atoms with Crippen LogP contribution in [0, 0.1) is 6.92 Å². The molecule has 16 heavy (non-hydrogen) atoms. The van der Waals surface area contributed by atoms with E-state index in [1.54, 1.807) is 0 Å². The Bertz CT molecular complexity index is 340. The molecule has 1 N–H and O–H groups in total. The van der Waals surface area contributed by atoms with Crippen LogP contribution in [-0.2, 0) is 4.74 Å². The number of anilines is 1. The average molecular weight is 221 g/mol. The molecular weight excluding hydrogens is 202 g/mol. The number of aliphatic hydroxyl groups excluding tert-OH is 1. The Balaban J connectivity index is 1.93. The SMILES string of the molecule is Cc1cccc(N2CC[C@@H](OCCO)C2)c1. The predicted octanol–water partition coefficient (Wildman–Crippen LogP) is 1.58. The van der Waals surface area contributed by atoms with Crippen molar-refractivity contribution in [1.82, 2.24) is 0 Å². The van der Waals surface area contributed by atoms with Crippen LogP contribution in [0.4, 0.5) is 5.69 Å². The van der Waals surface area contributed by atoms with Gasteiger partial charge in [0.2, 0.25) is 0 Å². The molecule has 0 radical (unpaired) electrons. The van der Waals surface area contributed by atoms with Crippen LogP contribution in [0.3, 0.4) is 0 Å². The molecule has 1 saturated heterocycles. The van der Waals surface area contributed by atoms with E-state index in [9.17, 15) is 0 Å². The van der Waals surface area contributed by atoms with Crippen LogP contribution in [-0.4, -0.2) is 37.5 Å². The van der Waals surface area contributed by atoms with Crippen LogP contribution in [0.25, 0.3) is 0 Å². The molecule has 0 saturated carbocycles. The number of hydrogen-bond acceptors (Lipinski definition) is 3. The summed E-state index contributed by atoms with van der Waals surface area (Å²) in [6, 6.07) is 8.54. The number of aryl methyl sites for hydroxylation is 1. The maximum Gasteiger partial charge on any atom is 0.0767 e. The number of hydrogen-bond donors (Lipinski definition) is 1. The molecule has 0 spiro atoms. The van der Waals surface area contributed by atoms with Crippen LogP contribution >= 0.6 is 0 Å². The van der Waals surface area contributed by atoms with E-state index in [1.165, 1.54) is 11.3 Å². The number of aliphatic hydroxyl groups is 1. The lowest BCUT2D eigenvalue weighted by molar-refractivity contribution is 0.0411. The second-order valence-electron chi connectivity index (χ2n) is 4.29. The highest BCUT2D eigenvalue weighted by molar-refractivity contribution is 5.49. The second-order valence-corrected chi connectivity index (χ2v) is 4.29. The summed E-state index contributed by atoms with van der Waals surface area (Å²) >= 11 is 0. The molecule has 1 aromatic carbocycles. The first-order valence-corrected chi connectivity index (χ1v) is 5.83. The molecule has 1 aromatic rings. The maximum absolute atomic E-state index is 8.71. The predicted molar refractivity (Wildman–Crippen MR) is 64.8 cm³/mol. The van der Waals surface area contributed by atoms with Gasteiger partial charge in [0.15, 0.2) is 0 Å². The smallest absolute Gasteiger partial charge is 0.0767 e. The van der Waals surface area contributed by atoms with Gasteiger partial charge in [-0.2, -0.15) is 0 Å². The summed E-state index contributed by atoms with van der Waals surface area (Å²) in [4.78, 5) is 2.34. The van der Waals surface area contributed by atoms with Gasteiger partial charge in [-0.1, -0.05) is 12.1 Å². The Labute approximate surface area is 96.6 Å². The van der Waals surface area contributed by atoms with Gasteiger partial charge in [0.05, 0.1) is 19.3 Å². The number of nitrogens with zero attached hydrogens (tertiary/aromatic N) is 1. The quantitative estimate of drug-likeness (QED) is 0.838. The minimum Gasteiger partial charge on any atom is -0.394 e. The fraction of sp³-hybridized carbons (Fsp3) is 0.538. The van der Waals surface area contributed by atoms with E-state index in [-0.39, 0.29) is 12.7 Å². The summed E-state index contributed by atoms with van der Waals surface area (Å²) in [5.74, 6) is 0. The molecule has 1 heterocycles. The minimum atomic E-state index is 0.112. The summed E-state index contributed by atoms with van der Waals surface area (Å²) in [6.07, 6.45) is 1.32. The van der Waals surface area contributed by atoms with Crippen LogP contribution in [0.5, 0.6) is 0 Å². The lowest BCUT2D eigenvalue weighted by Gasteiger charge is -2.19. The molecule has 0 unspecified atom stereocenters. The highest BCUT2D eigenvalue weighted by Crippen LogP contribution is 2.22. The summed E-state index contributed by atoms with van der Waals surface area (Å²) in [7, 11) is 0. The van der Waals surface area contributed by atoms with Gasteiger partial charge in [0.1, 0.15) is 0 Å². The third-order valence-corrected chi connectivity index (χ3v) is 2.96. The fourth-order valence-corrected chi connectivity index (χ4v) is 2.14. The van der Waals surface area contributed by atoms with E-state index in [1.807, 2.05) is 0 Å². The molecule has 0 aliphatic carbocycles. The Morgan fingerprint density at radius 3 is 3.12 bits per heavy atom. The molecular formula is C13H19NO2. The third-order valence-electron chi connectivity index (χ3n) is 2.96. The van der Waals surface area contributed by atoms with E-state index < -0.39 is 0 Å². The van der Waals surface area contributed by atoms with Crippen LogP contribution in [0.15, 0.2) is 24.3 Å². The lowest BCUT2D eigenvalue weighted by atomic mass is 10.2. The highest BCUT2D eigenvalue weighted by atomic mass is 16.5. The van der Waals surface area contributed by atoms with Crippen molar-refractivity contribution in [2.75, 3.05) is 31.2 Å². The largest absolute Gasteiger partial charge is 0.394 e. The Hall–Kier alpha value is -1.06. The summed E-state index contributed by atoms with van der Waals surface area (Å²) in [5.41, 5.74) is 2.56. The summed E-state index contributed by atoms with van der Waals surface area (Å²) < 4.78 is 5.54. The average Bonchev–Trinajstić information content (AvgIpc) is 2.75. The molecule has 88 valence electrons. The first-order chi connectivity index (χ1) is 7.79. The third kappa shape index (κ3) is 2.74. The van der Waals surface area contributed by atoms with E-state index in [0.29, 0.717) is 6.61 Å². The van der Waals surface area contributed by atoms with Crippen LogP contribution < -0.4 is 4.90 Å². The van der Waals surface area contributed by atoms with E-state index >= 15 is 0 Å². The second kappa shape index (κ2) is 5.32. The number of ether oxygens (including phenoxy) is 1. The van der Waals surface area contributed by atoms with Gasteiger partial charge >= 0.3 is 0 Å². The highest BCUT2D eigenvalue weighted by Gasteiger charge is 2.22. The van der Waals surface area contributed by atoms with Crippen molar-refractivity contribution in [2.45, 2.75) is 19.4 Å². The standard InChI is InChI=1S/C13H19NO2/c1-11-3-2-4-12(9-11)14-6-5-13(10-14)16-8-7-15/h2-4,9,13,15H,5-8,10H2,1H3/t13-/m1/s1.